The Kier molecular flexibility index (Phi) is 10.3. The fourth-order valence-corrected chi connectivity index (χ4v) is 4.80. The van der Waals surface area contributed by atoms with Crippen molar-refractivity contribution in [3.8, 4) is 6.07 Å². The van der Waals surface area contributed by atoms with Crippen LogP contribution in [-0.2, 0) is 4.79 Å². The molecule has 0 saturated carbocycles. The number of nitrogens with zero attached hydrogens (tertiary/aromatic N) is 4. The van der Waals surface area contributed by atoms with Gasteiger partial charge in [0.15, 0.2) is 5.82 Å². The van der Waals surface area contributed by atoms with E-state index in [9.17, 15) is 14.0 Å². The number of halogens is 2. The molecule has 0 spiro atoms. The van der Waals surface area contributed by atoms with Crippen LogP contribution in [-0.4, -0.2) is 41.9 Å². The van der Waals surface area contributed by atoms with Crippen LogP contribution < -0.4 is 20.9 Å². The highest BCUT2D eigenvalue weighted by atomic mass is 35.5. The molecule has 0 unspecified atom stereocenters. The number of carbonyl (C=O) groups excluding carboxylic acids is 2. The van der Waals surface area contributed by atoms with Crippen molar-refractivity contribution in [1.29, 1.82) is 5.26 Å². The SMILES string of the molecule is C=CC(=O)N(C)c1cc(Nc2ncc(Cl)c(NCC(C)(C)CC(C)(C)CNC(=O)c3ccc(C#N)cc3)n2)ccc1F. The lowest BCUT2D eigenvalue weighted by molar-refractivity contribution is -0.113. The van der Waals surface area contributed by atoms with E-state index in [-0.39, 0.29) is 28.4 Å². The molecule has 2 amide bonds. The quantitative estimate of drug-likeness (QED) is 0.211. The first-order valence-electron chi connectivity index (χ1n) is 13.2. The van der Waals surface area contributed by atoms with Gasteiger partial charge in [0.05, 0.1) is 23.5 Å². The van der Waals surface area contributed by atoms with Crippen molar-refractivity contribution in [3.63, 3.8) is 0 Å². The maximum atomic E-state index is 14.3. The Balaban J connectivity index is 1.62. The van der Waals surface area contributed by atoms with Crippen LogP contribution in [0.5, 0.6) is 0 Å². The van der Waals surface area contributed by atoms with Gasteiger partial charge in [0.1, 0.15) is 10.8 Å². The van der Waals surface area contributed by atoms with Gasteiger partial charge in [-0.05, 0) is 65.8 Å². The Morgan fingerprint density at radius 2 is 1.79 bits per heavy atom. The first-order valence-corrected chi connectivity index (χ1v) is 13.6. The minimum Gasteiger partial charge on any atom is -0.368 e. The van der Waals surface area contributed by atoms with Crippen LogP contribution in [0.25, 0.3) is 0 Å². The molecule has 3 rings (SSSR count). The number of likely N-dealkylation sites (N-methyl/N-ethyl adjacent to an activating group) is 1. The number of anilines is 4. The second-order valence-electron chi connectivity index (χ2n) is 11.5. The van der Waals surface area contributed by atoms with E-state index in [1.54, 1.807) is 24.3 Å². The van der Waals surface area contributed by atoms with E-state index < -0.39 is 11.7 Å². The number of aromatic nitrogens is 2. The molecule has 0 bridgehead atoms. The largest absolute Gasteiger partial charge is 0.368 e. The fourth-order valence-electron chi connectivity index (χ4n) is 4.64. The number of hydrogen-bond acceptors (Lipinski definition) is 7. The van der Waals surface area contributed by atoms with Crippen LogP contribution in [0.2, 0.25) is 5.02 Å². The monoisotopic (exact) mass is 591 g/mol. The van der Waals surface area contributed by atoms with E-state index in [1.165, 1.54) is 31.4 Å². The summed E-state index contributed by atoms with van der Waals surface area (Å²) >= 11 is 6.38. The standard InChI is InChI=1S/C31H35ClFN7O2/c1-7-26(41)40(6)25-14-22(12-13-24(25)33)38-29-35-16-23(32)27(39-29)36-18-30(2,3)17-31(4,5)19-37-28(42)21-10-8-20(15-34)9-11-21/h7-14,16H,1,17-19H2,2-6H3,(H,37,42)(H2,35,36,38,39). The molecule has 42 heavy (non-hydrogen) atoms. The van der Waals surface area contributed by atoms with Crippen molar-refractivity contribution >= 4 is 46.6 Å². The van der Waals surface area contributed by atoms with E-state index in [0.717, 1.165) is 17.4 Å². The van der Waals surface area contributed by atoms with E-state index >= 15 is 0 Å². The Labute approximate surface area is 250 Å². The maximum absolute atomic E-state index is 14.3. The van der Waals surface area contributed by atoms with Gasteiger partial charge >= 0.3 is 0 Å². The molecule has 0 saturated heterocycles. The summed E-state index contributed by atoms with van der Waals surface area (Å²) in [6.45, 7) is 12.8. The van der Waals surface area contributed by atoms with Gasteiger partial charge in [-0.15, -0.1) is 0 Å². The number of hydrogen-bond donors (Lipinski definition) is 3. The summed E-state index contributed by atoms with van der Waals surface area (Å²) in [6, 6.07) is 12.8. The predicted octanol–water partition coefficient (Wildman–Crippen LogP) is 6.32. The molecular formula is C31H35ClFN7O2. The van der Waals surface area contributed by atoms with Gasteiger partial charge in [-0.3, -0.25) is 9.59 Å². The zero-order valence-electron chi connectivity index (χ0n) is 24.4. The van der Waals surface area contributed by atoms with E-state index in [1.807, 2.05) is 6.07 Å². The van der Waals surface area contributed by atoms with Gasteiger partial charge in [-0.25, -0.2) is 9.37 Å². The van der Waals surface area contributed by atoms with E-state index in [0.29, 0.717) is 40.7 Å². The van der Waals surface area contributed by atoms with Crippen LogP contribution in [0.3, 0.4) is 0 Å². The molecular weight excluding hydrogens is 557 g/mol. The lowest BCUT2D eigenvalue weighted by Gasteiger charge is -2.35. The summed E-state index contributed by atoms with van der Waals surface area (Å²) in [5.74, 6) is -0.531. The average molecular weight is 592 g/mol. The molecule has 0 atom stereocenters. The van der Waals surface area contributed by atoms with Crippen molar-refractivity contribution in [2.24, 2.45) is 10.8 Å². The van der Waals surface area contributed by atoms with Crippen LogP contribution in [0.15, 0.2) is 61.3 Å². The van der Waals surface area contributed by atoms with Gasteiger partial charge in [-0.1, -0.05) is 45.9 Å². The van der Waals surface area contributed by atoms with Gasteiger partial charge < -0.3 is 20.9 Å². The Hall–Kier alpha value is -4.49. The third-order valence-electron chi connectivity index (χ3n) is 6.51. The molecule has 1 heterocycles. The average Bonchev–Trinajstić information content (AvgIpc) is 2.95. The zero-order valence-corrected chi connectivity index (χ0v) is 25.1. The second-order valence-corrected chi connectivity index (χ2v) is 11.9. The highest BCUT2D eigenvalue weighted by Crippen LogP contribution is 2.34. The van der Waals surface area contributed by atoms with Crippen molar-refractivity contribution < 1.29 is 14.0 Å². The van der Waals surface area contributed by atoms with Crippen LogP contribution in [0.4, 0.5) is 27.5 Å². The molecule has 11 heteroatoms. The van der Waals surface area contributed by atoms with Gasteiger partial charge in [0.2, 0.25) is 11.9 Å². The zero-order chi connectivity index (χ0) is 31.1. The third-order valence-corrected chi connectivity index (χ3v) is 6.78. The number of benzene rings is 2. The molecule has 3 aromatic rings. The molecule has 1 aromatic heterocycles. The van der Waals surface area contributed by atoms with Crippen LogP contribution >= 0.6 is 11.6 Å². The molecule has 0 fully saturated rings. The molecule has 0 aliphatic carbocycles. The minimum atomic E-state index is -0.559. The summed E-state index contributed by atoms with van der Waals surface area (Å²) in [6.07, 6.45) is 3.34. The molecule has 0 radical (unpaired) electrons. The number of amides is 2. The summed E-state index contributed by atoms with van der Waals surface area (Å²) < 4.78 is 14.3. The fraction of sp³-hybridized carbons (Fsp3) is 0.323. The second kappa shape index (κ2) is 13.4. The normalized spacial score (nSPS) is 11.3. The smallest absolute Gasteiger partial charge is 0.251 e. The molecule has 0 aliphatic heterocycles. The van der Waals surface area contributed by atoms with E-state index in [2.05, 4.69) is 60.2 Å². The van der Waals surface area contributed by atoms with Gasteiger partial charge in [-0.2, -0.15) is 10.2 Å². The summed E-state index contributed by atoms with van der Waals surface area (Å²) in [5, 5.41) is 18.6. The number of nitriles is 1. The highest BCUT2D eigenvalue weighted by molar-refractivity contribution is 6.32. The third kappa shape index (κ3) is 8.75. The van der Waals surface area contributed by atoms with Gasteiger partial charge in [0, 0.05) is 31.4 Å². The Morgan fingerprint density at radius 3 is 2.43 bits per heavy atom. The summed E-state index contributed by atoms with van der Waals surface area (Å²) in [5.41, 5.74) is 1.13. The molecule has 2 aromatic carbocycles. The first-order chi connectivity index (χ1) is 19.7. The van der Waals surface area contributed by atoms with Crippen molar-refractivity contribution in [2.75, 3.05) is 35.7 Å². The lowest BCUT2D eigenvalue weighted by Crippen LogP contribution is -2.38. The number of rotatable bonds is 12. The highest BCUT2D eigenvalue weighted by Gasteiger charge is 2.30. The maximum Gasteiger partial charge on any atom is 0.251 e. The molecule has 0 aliphatic rings. The van der Waals surface area contributed by atoms with Crippen molar-refractivity contribution in [1.82, 2.24) is 15.3 Å². The lowest BCUT2D eigenvalue weighted by atomic mass is 9.75. The van der Waals surface area contributed by atoms with Crippen molar-refractivity contribution in [3.05, 3.63) is 83.3 Å². The molecule has 220 valence electrons. The number of nitrogens with one attached hydrogen (secondary N) is 3. The Morgan fingerprint density at radius 1 is 1.12 bits per heavy atom. The van der Waals surface area contributed by atoms with Crippen LogP contribution in [0, 0.1) is 28.0 Å². The van der Waals surface area contributed by atoms with Crippen molar-refractivity contribution in [2.45, 2.75) is 34.1 Å². The topological polar surface area (TPSA) is 123 Å². The Bertz CT molecular complexity index is 1500. The number of carbonyl (C=O) groups is 2. The van der Waals surface area contributed by atoms with E-state index in [4.69, 9.17) is 16.9 Å². The molecule has 3 N–H and O–H groups in total. The predicted molar refractivity (Wildman–Crippen MR) is 164 cm³/mol. The first kappa shape index (κ1) is 32.0. The summed E-state index contributed by atoms with van der Waals surface area (Å²) in [7, 11) is 1.46. The summed E-state index contributed by atoms with van der Waals surface area (Å²) in [4.78, 5) is 34.4. The van der Waals surface area contributed by atoms with Gasteiger partial charge in [0.25, 0.3) is 5.91 Å². The minimum absolute atomic E-state index is 0.0784. The molecule has 9 nitrogen and oxygen atoms in total. The van der Waals surface area contributed by atoms with Crippen LogP contribution in [0.1, 0.15) is 50.0 Å².